The topological polar surface area (TPSA) is 96.3 Å². The number of hydrogen-bond acceptors (Lipinski definition) is 5. The van der Waals surface area contributed by atoms with Crippen molar-refractivity contribution in [1.82, 2.24) is 0 Å². The van der Waals surface area contributed by atoms with Crippen LogP contribution >= 0.6 is 23.2 Å². The molecule has 1 amide bonds. The molecule has 0 radical (unpaired) electrons. The quantitative estimate of drug-likeness (QED) is 0.178. The first-order valence-corrected chi connectivity index (χ1v) is 12.3. The number of nitrogens with one attached hydrogen (secondary N) is 1. The highest BCUT2D eigenvalue weighted by atomic mass is 35.5. The molecule has 4 aromatic rings. The van der Waals surface area contributed by atoms with Crippen LogP contribution in [0.25, 0.3) is 16.8 Å². The van der Waals surface area contributed by atoms with Gasteiger partial charge in [0.25, 0.3) is 5.91 Å². The van der Waals surface area contributed by atoms with E-state index in [1.165, 1.54) is 36.4 Å². The number of rotatable bonds is 6. The van der Waals surface area contributed by atoms with E-state index in [9.17, 15) is 18.5 Å². The predicted octanol–water partition coefficient (Wildman–Crippen LogP) is 6.46. The third-order valence-corrected chi connectivity index (χ3v) is 7.03. The Bertz CT molecular complexity index is 1610. The third kappa shape index (κ3) is 5.64. The summed E-state index contributed by atoms with van der Waals surface area (Å²) in [5.41, 5.74) is 0.579. The molecule has 0 bridgehead atoms. The standard InChI is InChI=1S/C26H16Cl2N2O4S/c27-23-6-3-7-24(25(23)28)30-26(31)20(16-29)14-17-8-11-21(12-9-17)34-35(32,33)22-13-10-18-4-1-2-5-19(18)15-22/h1-15H,(H,30,31)/b20-14+. The minimum Gasteiger partial charge on any atom is -0.379 e. The van der Waals surface area contributed by atoms with Crippen LogP contribution in [0.2, 0.25) is 10.0 Å². The van der Waals surface area contributed by atoms with Gasteiger partial charge in [0.05, 0.1) is 15.7 Å². The third-order valence-electron chi connectivity index (χ3n) is 4.97. The van der Waals surface area contributed by atoms with Crippen molar-refractivity contribution in [3.05, 3.63) is 106 Å². The van der Waals surface area contributed by atoms with Crippen LogP contribution in [0.15, 0.2) is 95.4 Å². The number of hydrogen-bond donors (Lipinski definition) is 1. The summed E-state index contributed by atoms with van der Waals surface area (Å²) in [6.07, 6.45) is 1.36. The average molecular weight is 523 g/mol. The predicted molar refractivity (Wildman–Crippen MR) is 137 cm³/mol. The van der Waals surface area contributed by atoms with Gasteiger partial charge < -0.3 is 9.50 Å². The van der Waals surface area contributed by atoms with Gasteiger partial charge >= 0.3 is 10.1 Å². The molecule has 4 aromatic carbocycles. The Balaban J connectivity index is 1.50. The van der Waals surface area contributed by atoms with Gasteiger partial charge in [-0.2, -0.15) is 13.7 Å². The van der Waals surface area contributed by atoms with Gasteiger partial charge in [0.1, 0.15) is 22.3 Å². The summed E-state index contributed by atoms with van der Waals surface area (Å²) >= 11 is 12.0. The molecule has 174 valence electrons. The van der Waals surface area contributed by atoms with Crippen LogP contribution in [-0.4, -0.2) is 14.3 Å². The summed E-state index contributed by atoms with van der Waals surface area (Å²) in [6.45, 7) is 0. The zero-order valence-corrected chi connectivity index (χ0v) is 20.2. The maximum atomic E-state index is 12.7. The van der Waals surface area contributed by atoms with Crippen molar-refractivity contribution >= 4 is 61.8 Å². The van der Waals surface area contributed by atoms with Gasteiger partial charge in [0.15, 0.2) is 0 Å². The average Bonchev–Trinajstić information content (AvgIpc) is 2.85. The highest BCUT2D eigenvalue weighted by Crippen LogP contribution is 2.30. The van der Waals surface area contributed by atoms with Gasteiger partial charge in [0.2, 0.25) is 0 Å². The van der Waals surface area contributed by atoms with Gasteiger partial charge in [-0.05, 0) is 58.8 Å². The maximum Gasteiger partial charge on any atom is 0.339 e. The van der Waals surface area contributed by atoms with Crippen LogP contribution in [0, 0.1) is 11.3 Å². The Morgan fingerprint density at radius 1 is 0.914 bits per heavy atom. The van der Waals surface area contributed by atoms with E-state index in [4.69, 9.17) is 27.4 Å². The zero-order chi connectivity index (χ0) is 25.0. The number of nitrogens with zero attached hydrogens (tertiary/aromatic N) is 1. The molecule has 0 aliphatic rings. The highest BCUT2D eigenvalue weighted by molar-refractivity contribution is 7.87. The molecule has 0 unspecified atom stereocenters. The van der Waals surface area contributed by atoms with Crippen molar-refractivity contribution in [3.8, 4) is 11.8 Å². The lowest BCUT2D eigenvalue weighted by molar-refractivity contribution is -0.112. The molecule has 0 aliphatic heterocycles. The molecule has 0 fully saturated rings. The van der Waals surface area contributed by atoms with Gasteiger partial charge in [-0.15, -0.1) is 0 Å². The normalized spacial score (nSPS) is 11.6. The second-order valence-corrected chi connectivity index (χ2v) is 9.67. The summed E-state index contributed by atoms with van der Waals surface area (Å²) < 4.78 is 30.7. The SMILES string of the molecule is N#C/C(=C\c1ccc(OS(=O)(=O)c2ccc3ccccc3c2)cc1)C(=O)Nc1cccc(Cl)c1Cl. The molecule has 4 rings (SSSR count). The van der Waals surface area contributed by atoms with E-state index in [0.717, 1.165) is 10.8 Å². The molecular formula is C26H16Cl2N2O4S. The van der Waals surface area contributed by atoms with E-state index in [1.54, 1.807) is 30.3 Å². The molecule has 6 nitrogen and oxygen atoms in total. The number of halogens is 2. The van der Waals surface area contributed by atoms with Gasteiger partial charge in [-0.3, -0.25) is 4.79 Å². The monoisotopic (exact) mass is 522 g/mol. The van der Waals surface area contributed by atoms with Crippen LogP contribution in [0.4, 0.5) is 5.69 Å². The number of amides is 1. The van der Waals surface area contributed by atoms with Crippen molar-refractivity contribution in [3.63, 3.8) is 0 Å². The van der Waals surface area contributed by atoms with E-state index in [-0.39, 0.29) is 32.0 Å². The number of nitriles is 1. The van der Waals surface area contributed by atoms with Gasteiger partial charge in [-0.25, -0.2) is 0 Å². The van der Waals surface area contributed by atoms with Crippen molar-refractivity contribution in [2.75, 3.05) is 5.32 Å². The van der Waals surface area contributed by atoms with Gasteiger partial charge in [-0.1, -0.05) is 71.7 Å². The molecule has 0 saturated carbocycles. The minimum absolute atomic E-state index is 0.0308. The van der Waals surface area contributed by atoms with Crippen LogP contribution in [0.5, 0.6) is 5.75 Å². The fraction of sp³-hybridized carbons (Fsp3) is 0. The molecule has 0 aliphatic carbocycles. The van der Waals surface area contributed by atoms with Crippen molar-refractivity contribution < 1.29 is 17.4 Å². The summed E-state index contributed by atoms with van der Waals surface area (Å²) in [7, 11) is -4.06. The molecule has 0 heterocycles. The number of fused-ring (bicyclic) bond motifs is 1. The Morgan fingerprint density at radius 2 is 1.63 bits per heavy atom. The summed E-state index contributed by atoms with van der Waals surface area (Å²) in [6, 6.07) is 24.7. The van der Waals surface area contributed by atoms with Crippen molar-refractivity contribution in [2.45, 2.75) is 4.90 Å². The molecule has 0 spiro atoms. The molecule has 9 heteroatoms. The van der Waals surface area contributed by atoms with Crippen LogP contribution in [-0.2, 0) is 14.9 Å². The summed E-state index contributed by atoms with van der Waals surface area (Å²) in [4.78, 5) is 12.5. The van der Waals surface area contributed by atoms with Crippen LogP contribution in [0.1, 0.15) is 5.56 Å². The Hall–Kier alpha value is -3.83. The second kappa shape index (κ2) is 10.2. The van der Waals surface area contributed by atoms with E-state index in [1.807, 2.05) is 30.3 Å². The lowest BCUT2D eigenvalue weighted by Crippen LogP contribution is -2.13. The maximum absolute atomic E-state index is 12.7. The second-order valence-electron chi connectivity index (χ2n) is 7.34. The molecule has 0 aromatic heterocycles. The molecule has 1 N–H and O–H groups in total. The fourth-order valence-electron chi connectivity index (χ4n) is 3.22. The largest absolute Gasteiger partial charge is 0.379 e. The van der Waals surface area contributed by atoms with Crippen molar-refractivity contribution in [1.29, 1.82) is 5.26 Å². The molecule has 0 atom stereocenters. The number of carbonyl (C=O) groups excluding carboxylic acids is 1. The Kier molecular flexibility index (Phi) is 7.08. The van der Waals surface area contributed by atoms with E-state index >= 15 is 0 Å². The summed E-state index contributed by atoms with van der Waals surface area (Å²) in [5, 5.41) is 14.1. The zero-order valence-electron chi connectivity index (χ0n) is 17.9. The first-order valence-electron chi connectivity index (χ1n) is 10.2. The van der Waals surface area contributed by atoms with E-state index < -0.39 is 16.0 Å². The lowest BCUT2D eigenvalue weighted by atomic mass is 10.1. The van der Waals surface area contributed by atoms with E-state index in [0.29, 0.717) is 5.56 Å². The minimum atomic E-state index is -4.06. The molecule has 35 heavy (non-hydrogen) atoms. The fourth-order valence-corrected chi connectivity index (χ4v) is 4.54. The lowest BCUT2D eigenvalue weighted by Gasteiger charge is -2.09. The number of carbonyl (C=O) groups is 1. The highest BCUT2D eigenvalue weighted by Gasteiger charge is 2.17. The van der Waals surface area contributed by atoms with Gasteiger partial charge in [0, 0.05) is 0 Å². The number of benzene rings is 4. The first-order chi connectivity index (χ1) is 16.8. The molecular weight excluding hydrogens is 507 g/mol. The number of anilines is 1. The first kappa shape index (κ1) is 24.3. The molecule has 0 saturated heterocycles. The van der Waals surface area contributed by atoms with E-state index in [2.05, 4.69) is 5.32 Å². The van der Waals surface area contributed by atoms with Crippen LogP contribution < -0.4 is 9.50 Å². The summed E-state index contributed by atoms with van der Waals surface area (Å²) in [5.74, 6) is -0.583. The Labute approximate surface area is 212 Å². The Morgan fingerprint density at radius 3 is 2.34 bits per heavy atom. The van der Waals surface area contributed by atoms with Crippen LogP contribution in [0.3, 0.4) is 0 Å². The van der Waals surface area contributed by atoms with Crippen molar-refractivity contribution in [2.24, 2.45) is 0 Å². The smallest absolute Gasteiger partial charge is 0.339 e.